The summed E-state index contributed by atoms with van der Waals surface area (Å²) in [5, 5.41) is 14.6. The van der Waals surface area contributed by atoms with Gasteiger partial charge in [-0.15, -0.1) is 0 Å². The highest BCUT2D eigenvalue weighted by Gasteiger charge is 2.41. The lowest BCUT2D eigenvalue weighted by atomic mass is 10.0. The SMILES string of the molecule is CC(C)[C@H](NC(=O)[C@H](Cc1ccc(OC(=O)C(F)(F)F)cc1)NS(=O)(=O)c1cccc2c(N(C)C)cccc12)C(=O)NCC(=O)O. The van der Waals surface area contributed by atoms with Crippen LogP contribution in [0, 0.1) is 5.92 Å². The summed E-state index contributed by atoms with van der Waals surface area (Å²) in [6.07, 6.45) is -5.56. The van der Waals surface area contributed by atoms with E-state index in [1.807, 2.05) is 0 Å². The lowest BCUT2D eigenvalue weighted by Crippen LogP contribution is -2.56. The number of esters is 1. The number of hydrogen-bond donors (Lipinski definition) is 4. The topological polar surface area (TPSA) is 171 Å². The molecule has 0 fully saturated rings. The number of nitrogens with zero attached hydrogens (tertiary/aromatic N) is 1. The molecule has 4 N–H and O–H groups in total. The molecule has 46 heavy (non-hydrogen) atoms. The average Bonchev–Trinajstić information content (AvgIpc) is 2.97. The third-order valence-electron chi connectivity index (χ3n) is 6.71. The maximum Gasteiger partial charge on any atom is 0.491 e. The Balaban J connectivity index is 1.98. The zero-order chi connectivity index (χ0) is 34.4. The second-order valence-corrected chi connectivity index (χ2v) is 12.5. The van der Waals surface area contributed by atoms with Crippen LogP contribution in [0.1, 0.15) is 19.4 Å². The second kappa shape index (κ2) is 14.6. The lowest BCUT2D eigenvalue weighted by molar-refractivity contribution is -0.189. The summed E-state index contributed by atoms with van der Waals surface area (Å²) >= 11 is 0. The minimum absolute atomic E-state index is 0.138. The number of aliphatic carboxylic acids is 1. The molecule has 12 nitrogen and oxygen atoms in total. The Bertz CT molecular complexity index is 1710. The van der Waals surface area contributed by atoms with E-state index in [1.165, 1.54) is 18.2 Å². The Kier molecular flexibility index (Phi) is 11.4. The maximum atomic E-state index is 13.8. The molecule has 0 radical (unpaired) electrons. The lowest BCUT2D eigenvalue weighted by Gasteiger charge is -2.25. The van der Waals surface area contributed by atoms with E-state index in [1.54, 1.807) is 63.2 Å². The molecule has 2 amide bonds. The van der Waals surface area contributed by atoms with Crippen LogP contribution in [0.2, 0.25) is 0 Å². The van der Waals surface area contributed by atoms with Crippen LogP contribution >= 0.6 is 0 Å². The highest BCUT2D eigenvalue weighted by Crippen LogP contribution is 2.30. The average molecular weight is 667 g/mol. The standard InChI is InChI=1S/C30H33F3N4O8S/c1-17(2)26(28(41)34-16-25(38)39)35-27(40)22(15-18-11-13-19(14-12-18)45-29(42)30(31,32)33)36-46(43,44)24-10-6-7-20-21(24)8-5-9-23(20)37(3)4/h5-14,17,22,26,36H,15-16H2,1-4H3,(H,34,41)(H,35,40)(H,38,39)/t22-,26-/m0/s1. The van der Waals surface area contributed by atoms with Gasteiger partial charge in [0.25, 0.3) is 0 Å². The number of amides is 2. The molecule has 16 heteroatoms. The third kappa shape index (κ3) is 9.17. The summed E-state index contributed by atoms with van der Waals surface area (Å²) in [7, 11) is -0.847. The number of carboxylic acids is 1. The number of sulfonamides is 1. The van der Waals surface area contributed by atoms with E-state index >= 15 is 0 Å². The van der Waals surface area contributed by atoms with Gasteiger partial charge < -0.3 is 25.4 Å². The van der Waals surface area contributed by atoms with Crippen molar-refractivity contribution in [1.82, 2.24) is 15.4 Å². The predicted octanol–water partition coefficient (Wildman–Crippen LogP) is 2.60. The fourth-order valence-electron chi connectivity index (χ4n) is 4.48. The van der Waals surface area contributed by atoms with Crippen molar-refractivity contribution in [1.29, 1.82) is 0 Å². The highest BCUT2D eigenvalue weighted by atomic mass is 32.2. The molecule has 0 aliphatic heterocycles. The van der Waals surface area contributed by atoms with Gasteiger partial charge in [-0.05, 0) is 42.2 Å². The van der Waals surface area contributed by atoms with Gasteiger partial charge >= 0.3 is 18.1 Å². The number of anilines is 1. The molecular formula is C30H33F3N4O8S. The Morgan fingerprint density at radius 3 is 2.09 bits per heavy atom. The fraction of sp³-hybridized carbons (Fsp3) is 0.333. The van der Waals surface area contributed by atoms with E-state index < -0.39 is 70.2 Å². The number of carboxylic acid groups (broad SMARTS) is 1. The van der Waals surface area contributed by atoms with Gasteiger partial charge in [0.1, 0.15) is 24.4 Å². The number of alkyl halides is 3. The van der Waals surface area contributed by atoms with Crippen LogP contribution in [0.3, 0.4) is 0 Å². The van der Waals surface area contributed by atoms with Crippen molar-refractivity contribution >= 4 is 50.2 Å². The summed E-state index contributed by atoms with van der Waals surface area (Å²) < 4.78 is 72.1. The van der Waals surface area contributed by atoms with Gasteiger partial charge in [-0.2, -0.15) is 17.9 Å². The Morgan fingerprint density at radius 2 is 1.52 bits per heavy atom. The number of ether oxygens (including phenoxy) is 1. The van der Waals surface area contributed by atoms with Gasteiger partial charge in [0, 0.05) is 30.6 Å². The quantitative estimate of drug-likeness (QED) is 0.158. The first-order valence-electron chi connectivity index (χ1n) is 13.8. The molecular weight excluding hydrogens is 633 g/mol. The highest BCUT2D eigenvalue weighted by molar-refractivity contribution is 7.89. The van der Waals surface area contributed by atoms with Crippen LogP contribution in [-0.2, 0) is 35.6 Å². The molecule has 3 aromatic rings. The van der Waals surface area contributed by atoms with Crippen LogP contribution in [0.15, 0.2) is 65.6 Å². The Labute approximate surface area is 263 Å². The van der Waals surface area contributed by atoms with Crippen LogP contribution in [0.5, 0.6) is 5.75 Å². The van der Waals surface area contributed by atoms with E-state index in [-0.39, 0.29) is 16.9 Å². The number of hydrogen-bond acceptors (Lipinski definition) is 8. The van der Waals surface area contributed by atoms with Gasteiger partial charge in [0.05, 0.1) is 4.90 Å². The number of nitrogens with one attached hydrogen (secondary N) is 3. The smallest absolute Gasteiger partial charge is 0.480 e. The number of halogens is 3. The van der Waals surface area contributed by atoms with Gasteiger partial charge in [0.2, 0.25) is 21.8 Å². The Morgan fingerprint density at radius 1 is 0.913 bits per heavy atom. The van der Waals surface area contributed by atoms with Crippen LogP contribution in [0.25, 0.3) is 10.8 Å². The van der Waals surface area contributed by atoms with Crippen molar-refractivity contribution < 1.29 is 50.6 Å². The molecule has 0 heterocycles. The maximum absolute atomic E-state index is 13.8. The minimum Gasteiger partial charge on any atom is -0.480 e. The molecule has 248 valence electrons. The molecule has 0 spiro atoms. The Hall–Kier alpha value is -4.70. The minimum atomic E-state index is -5.22. The predicted molar refractivity (Wildman–Crippen MR) is 162 cm³/mol. The van der Waals surface area contributed by atoms with E-state index in [2.05, 4.69) is 20.1 Å². The zero-order valence-corrected chi connectivity index (χ0v) is 26.0. The molecule has 2 atom stereocenters. The zero-order valence-electron chi connectivity index (χ0n) is 25.2. The first-order chi connectivity index (χ1) is 21.4. The normalized spacial score (nSPS) is 13.1. The molecule has 0 aromatic heterocycles. The number of rotatable bonds is 13. The summed E-state index contributed by atoms with van der Waals surface area (Å²) in [6, 6.07) is 11.5. The van der Waals surface area contributed by atoms with Gasteiger partial charge in [-0.25, -0.2) is 13.2 Å². The molecule has 0 aliphatic rings. The first kappa shape index (κ1) is 35.8. The number of carbonyl (C=O) groups excluding carboxylic acids is 3. The molecule has 0 unspecified atom stereocenters. The summed E-state index contributed by atoms with van der Waals surface area (Å²) in [6.45, 7) is 2.46. The molecule has 0 bridgehead atoms. The monoisotopic (exact) mass is 666 g/mol. The van der Waals surface area contributed by atoms with Crippen molar-refractivity contribution in [2.24, 2.45) is 5.92 Å². The van der Waals surface area contributed by atoms with Gasteiger partial charge in [-0.1, -0.05) is 50.2 Å². The number of fused-ring (bicyclic) bond motifs is 1. The van der Waals surface area contributed by atoms with Gasteiger partial charge in [-0.3, -0.25) is 14.4 Å². The largest absolute Gasteiger partial charge is 0.491 e. The molecule has 0 saturated carbocycles. The van der Waals surface area contributed by atoms with Crippen molar-refractivity contribution in [3.63, 3.8) is 0 Å². The van der Waals surface area contributed by atoms with E-state index in [4.69, 9.17) is 5.11 Å². The van der Waals surface area contributed by atoms with Gasteiger partial charge in [0.15, 0.2) is 0 Å². The molecule has 0 aliphatic carbocycles. The fourth-order valence-corrected chi connectivity index (χ4v) is 5.90. The van der Waals surface area contributed by atoms with Crippen LogP contribution in [-0.4, -0.2) is 76.2 Å². The summed E-state index contributed by atoms with van der Waals surface area (Å²) in [4.78, 5) is 50.1. The number of carbonyl (C=O) groups is 4. The van der Waals surface area contributed by atoms with E-state index in [0.717, 1.165) is 17.8 Å². The molecule has 0 saturated heterocycles. The van der Waals surface area contributed by atoms with Crippen LogP contribution < -0.4 is 25.0 Å². The molecule has 3 aromatic carbocycles. The summed E-state index contributed by atoms with van der Waals surface area (Å²) in [5.41, 5.74) is 1.00. The van der Waals surface area contributed by atoms with Crippen molar-refractivity contribution in [2.75, 3.05) is 25.5 Å². The van der Waals surface area contributed by atoms with Crippen molar-refractivity contribution in [3.05, 3.63) is 66.2 Å². The van der Waals surface area contributed by atoms with E-state index in [0.29, 0.717) is 10.8 Å². The number of benzene rings is 3. The van der Waals surface area contributed by atoms with Crippen molar-refractivity contribution in [3.8, 4) is 5.75 Å². The molecule has 3 rings (SSSR count). The third-order valence-corrected chi connectivity index (χ3v) is 8.24. The first-order valence-corrected chi connectivity index (χ1v) is 15.3. The summed E-state index contributed by atoms with van der Waals surface area (Å²) in [5.74, 6) is -6.47. The van der Waals surface area contributed by atoms with Crippen molar-refractivity contribution in [2.45, 2.75) is 43.4 Å². The second-order valence-electron chi connectivity index (χ2n) is 10.8. The van der Waals surface area contributed by atoms with E-state index in [9.17, 15) is 40.8 Å². The van der Waals surface area contributed by atoms with Crippen LogP contribution in [0.4, 0.5) is 18.9 Å².